The standard InChI is InChI=1S/3C10H14O3/c3*1-2-3-8(11)7-4-5-9(12)10(13)6-7/h3*4-6,8,11-13H,2-3H2,1H3/t8-;;/m1../s1. The van der Waals surface area contributed by atoms with Crippen LogP contribution < -0.4 is 0 Å². The molecular weight excluding hydrogens is 504 g/mol. The molecule has 9 N–H and O–H groups in total. The van der Waals surface area contributed by atoms with Crippen LogP contribution >= 0.6 is 0 Å². The molecule has 0 spiro atoms. The van der Waals surface area contributed by atoms with Gasteiger partial charge in [-0.3, -0.25) is 0 Å². The van der Waals surface area contributed by atoms with Crippen molar-refractivity contribution >= 4 is 0 Å². The van der Waals surface area contributed by atoms with Gasteiger partial charge in [-0.25, -0.2) is 0 Å². The predicted molar refractivity (Wildman–Crippen MR) is 149 cm³/mol. The lowest BCUT2D eigenvalue weighted by atomic mass is 10.0. The average Bonchev–Trinajstić information content (AvgIpc) is 2.90. The van der Waals surface area contributed by atoms with E-state index in [0.29, 0.717) is 36.0 Å². The van der Waals surface area contributed by atoms with Gasteiger partial charge in [0.15, 0.2) is 34.5 Å². The molecule has 0 saturated heterocycles. The molecule has 0 fully saturated rings. The Hall–Kier alpha value is -3.66. The highest BCUT2D eigenvalue weighted by Gasteiger charge is 2.10. The topological polar surface area (TPSA) is 182 Å². The van der Waals surface area contributed by atoms with Crippen molar-refractivity contribution in [2.45, 2.75) is 77.6 Å². The Morgan fingerprint density at radius 3 is 0.821 bits per heavy atom. The molecule has 9 nitrogen and oxygen atoms in total. The van der Waals surface area contributed by atoms with E-state index in [2.05, 4.69) is 0 Å². The highest BCUT2D eigenvalue weighted by molar-refractivity contribution is 5.42. The first-order valence-electron chi connectivity index (χ1n) is 13.0. The van der Waals surface area contributed by atoms with Gasteiger partial charge in [-0.15, -0.1) is 0 Å². The van der Waals surface area contributed by atoms with E-state index in [1.807, 2.05) is 20.8 Å². The van der Waals surface area contributed by atoms with Gasteiger partial charge in [-0.05, 0) is 72.4 Å². The van der Waals surface area contributed by atoms with Gasteiger partial charge in [-0.2, -0.15) is 0 Å². The molecule has 0 heterocycles. The molecule has 3 aromatic carbocycles. The Morgan fingerprint density at radius 1 is 0.410 bits per heavy atom. The lowest BCUT2D eigenvalue weighted by Gasteiger charge is -2.09. The van der Waals surface area contributed by atoms with Gasteiger partial charge in [0, 0.05) is 0 Å². The van der Waals surface area contributed by atoms with Crippen molar-refractivity contribution in [3.63, 3.8) is 0 Å². The van der Waals surface area contributed by atoms with Gasteiger partial charge >= 0.3 is 0 Å². The Morgan fingerprint density at radius 2 is 0.641 bits per heavy atom. The van der Waals surface area contributed by atoms with Crippen molar-refractivity contribution in [2.24, 2.45) is 0 Å². The molecule has 39 heavy (non-hydrogen) atoms. The van der Waals surface area contributed by atoms with Crippen molar-refractivity contribution in [1.82, 2.24) is 0 Å². The summed E-state index contributed by atoms with van der Waals surface area (Å²) in [4.78, 5) is 0. The zero-order chi connectivity index (χ0) is 29.5. The molecule has 0 saturated carbocycles. The van der Waals surface area contributed by atoms with Crippen molar-refractivity contribution in [2.75, 3.05) is 0 Å². The number of benzene rings is 3. The maximum atomic E-state index is 9.54. The summed E-state index contributed by atoms with van der Waals surface area (Å²) in [5.41, 5.74) is 1.91. The number of phenols is 6. The van der Waals surface area contributed by atoms with Gasteiger partial charge in [-0.1, -0.05) is 58.2 Å². The third-order valence-corrected chi connectivity index (χ3v) is 5.84. The fourth-order valence-corrected chi connectivity index (χ4v) is 3.56. The summed E-state index contributed by atoms with van der Waals surface area (Å²) in [6, 6.07) is 13.1. The summed E-state index contributed by atoms with van der Waals surface area (Å²) in [5.74, 6) is -1.04. The first-order chi connectivity index (χ1) is 18.4. The zero-order valence-electron chi connectivity index (χ0n) is 22.7. The van der Waals surface area contributed by atoms with E-state index in [9.17, 15) is 15.3 Å². The van der Waals surface area contributed by atoms with E-state index in [0.717, 1.165) is 19.3 Å². The maximum Gasteiger partial charge on any atom is 0.157 e. The molecule has 0 amide bonds. The van der Waals surface area contributed by atoms with Crippen LogP contribution in [0.15, 0.2) is 54.6 Å². The number of hydrogen-bond donors (Lipinski definition) is 9. The highest BCUT2D eigenvalue weighted by atomic mass is 16.3. The Labute approximate surface area is 229 Å². The van der Waals surface area contributed by atoms with Crippen LogP contribution in [0.4, 0.5) is 0 Å². The van der Waals surface area contributed by atoms with Crippen LogP contribution in [0.2, 0.25) is 0 Å². The van der Waals surface area contributed by atoms with E-state index in [1.165, 1.54) is 36.4 Å². The van der Waals surface area contributed by atoms with Gasteiger partial charge in [0.2, 0.25) is 0 Å². The minimum Gasteiger partial charge on any atom is -0.504 e. The highest BCUT2D eigenvalue weighted by Crippen LogP contribution is 2.31. The second-order valence-electron chi connectivity index (χ2n) is 9.16. The van der Waals surface area contributed by atoms with Gasteiger partial charge < -0.3 is 46.0 Å². The van der Waals surface area contributed by atoms with Crippen LogP contribution in [0, 0.1) is 0 Å². The molecule has 0 bridgehead atoms. The van der Waals surface area contributed by atoms with Crippen molar-refractivity contribution in [1.29, 1.82) is 0 Å². The Balaban J connectivity index is 0.000000292. The predicted octanol–water partition coefficient (Wildman–Crippen LogP) is 5.79. The van der Waals surface area contributed by atoms with Crippen LogP contribution in [0.5, 0.6) is 34.5 Å². The quantitative estimate of drug-likeness (QED) is 0.150. The molecular formula is C30H42O9. The van der Waals surface area contributed by atoms with Crippen LogP contribution in [-0.2, 0) is 0 Å². The largest absolute Gasteiger partial charge is 0.504 e. The van der Waals surface area contributed by atoms with Gasteiger partial charge in [0.1, 0.15) is 0 Å². The van der Waals surface area contributed by atoms with Crippen molar-refractivity contribution < 1.29 is 46.0 Å². The molecule has 0 aliphatic heterocycles. The lowest BCUT2D eigenvalue weighted by molar-refractivity contribution is 0.165. The van der Waals surface area contributed by atoms with Crippen LogP contribution in [0.1, 0.15) is 94.3 Å². The fraction of sp³-hybridized carbons (Fsp3) is 0.400. The van der Waals surface area contributed by atoms with Gasteiger partial charge in [0.25, 0.3) is 0 Å². The molecule has 2 unspecified atom stereocenters. The van der Waals surface area contributed by atoms with Crippen LogP contribution in [0.25, 0.3) is 0 Å². The van der Waals surface area contributed by atoms with Crippen LogP contribution in [-0.4, -0.2) is 46.0 Å². The van der Waals surface area contributed by atoms with E-state index in [1.54, 1.807) is 18.2 Å². The molecule has 9 heteroatoms. The normalized spacial score (nSPS) is 12.8. The van der Waals surface area contributed by atoms with Gasteiger partial charge in [0.05, 0.1) is 18.3 Å². The summed E-state index contributed by atoms with van der Waals surface area (Å²) in [6.45, 7) is 5.93. The summed E-state index contributed by atoms with van der Waals surface area (Å²) >= 11 is 0. The van der Waals surface area contributed by atoms with Crippen molar-refractivity contribution in [3.05, 3.63) is 71.3 Å². The molecule has 3 rings (SSSR count). The second kappa shape index (κ2) is 17.0. The molecule has 216 valence electrons. The fourth-order valence-electron chi connectivity index (χ4n) is 3.56. The first-order valence-corrected chi connectivity index (χ1v) is 13.0. The lowest BCUT2D eigenvalue weighted by Crippen LogP contribution is -1.95. The average molecular weight is 547 g/mol. The van der Waals surface area contributed by atoms with E-state index >= 15 is 0 Å². The molecule has 0 aliphatic rings. The number of phenolic OH excluding ortho intramolecular Hbond substituents is 6. The zero-order valence-corrected chi connectivity index (χ0v) is 22.7. The smallest absolute Gasteiger partial charge is 0.157 e. The molecule has 0 aromatic heterocycles. The Bertz CT molecular complexity index is 992. The number of hydrogen-bond acceptors (Lipinski definition) is 9. The monoisotopic (exact) mass is 546 g/mol. The third-order valence-electron chi connectivity index (χ3n) is 5.84. The maximum absolute atomic E-state index is 9.54. The van der Waals surface area contributed by atoms with Crippen molar-refractivity contribution in [3.8, 4) is 34.5 Å². The molecule has 3 aromatic rings. The van der Waals surface area contributed by atoms with E-state index in [4.69, 9.17) is 30.6 Å². The van der Waals surface area contributed by atoms with E-state index < -0.39 is 18.3 Å². The summed E-state index contributed by atoms with van der Waals surface area (Å²) in [6.07, 6.45) is 2.93. The number of aromatic hydroxyl groups is 6. The first kappa shape index (κ1) is 33.4. The second-order valence-corrected chi connectivity index (χ2v) is 9.16. The minimum absolute atomic E-state index is 0.160. The number of aliphatic hydroxyl groups is 3. The molecule has 0 aliphatic carbocycles. The minimum atomic E-state index is -0.559. The number of aliphatic hydroxyl groups excluding tert-OH is 3. The third kappa shape index (κ3) is 11.3. The number of rotatable bonds is 9. The molecule has 0 radical (unpaired) electrons. The summed E-state index contributed by atoms with van der Waals surface area (Å²) < 4.78 is 0. The van der Waals surface area contributed by atoms with Crippen LogP contribution in [0.3, 0.4) is 0 Å². The SMILES string of the molecule is CCCC(O)c1ccc(O)c(O)c1.CCCC(O)c1ccc(O)c(O)c1.CCC[C@@H](O)c1ccc(O)c(O)c1. The Kier molecular flexibility index (Phi) is 14.6. The summed E-state index contributed by atoms with van der Waals surface area (Å²) in [7, 11) is 0. The van der Waals surface area contributed by atoms with E-state index in [-0.39, 0.29) is 34.5 Å². The summed E-state index contributed by atoms with van der Waals surface area (Å²) in [5, 5.41) is 83.2. The molecule has 3 atom stereocenters.